The summed E-state index contributed by atoms with van der Waals surface area (Å²) in [6.45, 7) is 6.77. The van der Waals surface area contributed by atoms with Crippen molar-refractivity contribution < 1.29 is 9.47 Å². The van der Waals surface area contributed by atoms with Gasteiger partial charge in [0, 0.05) is 6.07 Å². The molecule has 1 aromatic carbocycles. The maximum Gasteiger partial charge on any atom is 0.125 e. The van der Waals surface area contributed by atoms with E-state index in [-0.39, 0.29) is 0 Å². The number of ether oxygens (including phenoxy) is 2. The molecule has 0 amide bonds. The molecule has 0 N–H and O–H groups in total. The average molecular weight is 222 g/mol. The molecule has 0 saturated carbocycles. The van der Waals surface area contributed by atoms with E-state index in [1.54, 1.807) is 14.2 Å². The van der Waals surface area contributed by atoms with E-state index in [4.69, 9.17) is 9.47 Å². The molecule has 0 aromatic heterocycles. The first-order valence-corrected chi connectivity index (χ1v) is 5.73. The van der Waals surface area contributed by atoms with Gasteiger partial charge in [-0.1, -0.05) is 33.3 Å². The Bertz CT molecular complexity index is 343. The summed E-state index contributed by atoms with van der Waals surface area (Å²) in [4.78, 5) is 0. The highest BCUT2D eigenvalue weighted by molar-refractivity contribution is 5.41. The van der Waals surface area contributed by atoms with Crippen LogP contribution >= 0.6 is 0 Å². The monoisotopic (exact) mass is 222 g/mol. The zero-order valence-corrected chi connectivity index (χ0v) is 11.0. The van der Waals surface area contributed by atoms with Gasteiger partial charge in [0.2, 0.25) is 0 Å². The summed E-state index contributed by atoms with van der Waals surface area (Å²) in [6.07, 6.45) is 2.18. The lowest BCUT2D eigenvalue weighted by molar-refractivity contribution is 0.336. The molecule has 0 unspecified atom stereocenters. The summed E-state index contributed by atoms with van der Waals surface area (Å²) in [7, 11) is 3.38. The molecule has 0 heterocycles. The van der Waals surface area contributed by atoms with E-state index in [1.165, 1.54) is 5.56 Å². The van der Waals surface area contributed by atoms with Crippen molar-refractivity contribution in [1.82, 2.24) is 0 Å². The minimum absolute atomic E-state index is 0.307. The zero-order valence-electron chi connectivity index (χ0n) is 11.0. The maximum atomic E-state index is 5.40. The van der Waals surface area contributed by atoms with Crippen molar-refractivity contribution in [3.05, 3.63) is 23.8 Å². The fourth-order valence-corrected chi connectivity index (χ4v) is 1.64. The van der Waals surface area contributed by atoms with Gasteiger partial charge < -0.3 is 9.47 Å². The van der Waals surface area contributed by atoms with Gasteiger partial charge in [-0.3, -0.25) is 0 Å². The van der Waals surface area contributed by atoms with Gasteiger partial charge in [-0.2, -0.15) is 0 Å². The van der Waals surface area contributed by atoms with Gasteiger partial charge in [-0.15, -0.1) is 0 Å². The summed E-state index contributed by atoms with van der Waals surface area (Å²) in [5.74, 6) is 1.76. The molecule has 0 aliphatic heterocycles. The van der Waals surface area contributed by atoms with Crippen LogP contribution < -0.4 is 9.47 Å². The van der Waals surface area contributed by atoms with Gasteiger partial charge in [0.05, 0.1) is 14.2 Å². The molecule has 0 radical (unpaired) electrons. The first kappa shape index (κ1) is 12.9. The third kappa shape index (κ3) is 3.16. The molecule has 1 rings (SSSR count). The van der Waals surface area contributed by atoms with Crippen molar-refractivity contribution in [3.63, 3.8) is 0 Å². The normalized spacial score (nSPS) is 11.3. The van der Waals surface area contributed by atoms with E-state index >= 15 is 0 Å². The van der Waals surface area contributed by atoms with Crippen molar-refractivity contribution in [2.45, 2.75) is 33.6 Å². The van der Waals surface area contributed by atoms with Crippen LogP contribution in [-0.4, -0.2) is 14.2 Å². The van der Waals surface area contributed by atoms with Crippen LogP contribution in [-0.2, 0) is 6.42 Å². The third-order valence-corrected chi connectivity index (χ3v) is 3.12. The Morgan fingerprint density at radius 2 is 1.81 bits per heavy atom. The number of benzene rings is 1. The van der Waals surface area contributed by atoms with Crippen LogP contribution in [0, 0.1) is 5.41 Å². The molecule has 0 fully saturated rings. The van der Waals surface area contributed by atoms with Gasteiger partial charge in [-0.05, 0) is 23.5 Å². The Balaban J connectivity index is 2.96. The van der Waals surface area contributed by atoms with Crippen LogP contribution in [0.15, 0.2) is 18.2 Å². The summed E-state index contributed by atoms with van der Waals surface area (Å²) in [5.41, 5.74) is 1.55. The molecule has 0 atom stereocenters. The maximum absolute atomic E-state index is 5.40. The Hall–Kier alpha value is -1.18. The van der Waals surface area contributed by atoms with E-state index < -0.39 is 0 Å². The van der Waals surface area contributed by atoms with Crippen LogP contribution in [0.3, 0.4) is 0 Å². The van der Waals surface area contributed by atoms with Gasteiger partial charge in [0.15, 0.2) is 0 Å². The molecule has 0 spiro atoms. The van der Waals surface area contributed by atoms with Crippen molar-refractivity contribution in [2.75, 3.05) is 14.2 Å². The Labute approximate surface area is 98.6 Å². The lowest BCUT2D eigenvalue weighted by Crippen LogP contribution is -2.14. The molecule has 0 aliphatic carbocycles. The highest BCUT2D eigenvalue weighted by Crippen LogP contribution is 2.32. The van der Waals surface area contributed by atoms with E-state index in [0.717, 1.165) is 24.3 Å². The Morgan fingerprint density at radius 1 is 1.12 bits per heavy atom. The van der Waals surface area contributed by atoms with Gasteiger partial charge in [0.1, 0.15) is 11.5 Å². The van der Waals surface area contributed by atoms with Crippen molar-refractivity contribution in [2.24, 2.45) is 5.41 Å². The van der Waals surface area contributed by atoms with Gasteiger partial charge in [-0.25, -0.2) is 0 Å². The third-order valence-electron chi connectivity index (χ3n) is 3.12. The lowest BCUT2D eigenvalue weighted by Gasteiger charge is -2.23. The van der Waals surface area contributed by atoms with Crippen LogP contribution in [0.1, 0.15) is 32.8 Å². The van der Waals surface area contributed by atoms with Crippen LogP contribution in [0.25, 0.3) is 0 Å². The highest BCUT2D eigenvalue weighted by Gasteiger charge is 2.18. The molecule has 2 heteroatoms. The second-order valence-electron chi connectivity index (χ2n) is 4.87. The molecule has 2 nitrogen and oxygen atoms in total. The summed E-state index contributed by atoms with van der Waals surface area (Å²) in [5, 5.41) is 0. The average Bonchev–Trinajstić information content (AvgIpc) is 2.29. The number of methoxy groups -OCH3 is 2. The highest BCUT2D eigenvalue weighted by atomic mass is 16.5. The Morgan fingerprint density at radius 3 is 2.31 bits per heavy atom. The molecular weight excluding hydrogens is 200 g/mol. The van der Waals surface area contributed by atoms with Gasteiger partial charge in [0.25, 0.3) is 0 Å². The zero-order chi connectivity index (χ0) is 12.2. The number of hydrogen-bond donors (Lipinski definition) is 0. The van der Waals surface area contributed by atoms with E-state index in [2.05, 4.69) is 26.8 Å². The standard InChI is InChI=1S/C14H22O2/c1-6-14(2,3)10-11-7-8-12(15-4)9-13(11)16-5/h7-9H,6,10H2,1-5H3. The van der Waals surface area contributed by atoms with Crippen LogP contribution in [0.2, 0.25) is 0 Å². The molecule has 0 aliphatic rings. The number of hydrogen-bond acceptors (Lipinski definition) is 2. The van der Waals surface area contributed by atoms with Gasteiger partial charge >= 0.3 is 0 Å². The predicted molar refractivity (Wildman–Crippen MR) is 67.3 cm³/mol. The minimum atomic E-state index is 0.307. The molecule has 1 aromatic rings. The first-order valence-electron chi connectivity index (χ1n) is 5.73. The van der Waals surface area contributed by atoms with Crippen LogP contribution in [0.5, 0.6) is 11.5 Å². The second kappa shape index (κ2) is 5.24. The SMILES string of the molecule is CCC(C)(C)Cc1ccc(OC)cc1OC. The van der Waals surface area contributed by atoms with Crippen LogP contribution in [0.4, 0.5) is 0 Å². The molecule has 90 valence electrons. The Kier molecular flexibility index (Phi) is 4.22. The van der Waals surface area contributed by atoms with E-state index in [1.807, 2.05) is 12.1 Å². The number of rotatable bonds is 5. The smallest absolute Gasteiger partial charge is 0.125 e. The topological polar surface area (TPSA) is 18.5 Å². The largest absolute Gasteiger partial charge is 0.497 e. The predicted octanol–water partition coefficient (Wildman–Crippen LogP) is 3.68. The molecule has 0 bridgehead atoms. The lowest BCUT2D eigenvalue weighted by atomic mass is 9.83. The van der Waals surface area contributed by atoms with E-state index in [0.29, 0.717) is 5.41 Å². The fraction of sp³-hybridized carbons (Fsp3) is 0.571. The van der Waals surface area contributed by atoms with E-state index in [9.17, 15) is 0 Å². The molecule has 0 saturated heterocycles. The first-order chi connectivity index (χ1) is 7.52. The fourth-order valence-electron chi connectivity index (χ4n) is 1.64. The van der Waals surface area contributed by atoms with Crippen molar-refractivity contribution >= 4 is 0 Å². The minimum Gasteiger partial charge on any atom is -0.497 e. The summed E-state index contributed by atoms with van der Waals surface area (Å²) in [6, 6.07) is 6.03. The van der Waals surface area contributed by atoms with Crippen molar-refractivity contribution in [3.8, 4) is 11.5 Å². The second-order valence-corrected chi connectivity index (χ2v) is 4.87. The molecule has 16 heavy (non-hydrogen) atoms. The quantitative estimate of drug-likeness (QED) is 0.756. The summed E-state index contributed by atoms with van der Waals surface area (Å²) < 4.78 is 10.6. The summed E-state index contributed by atoms with van der Waals surface area (Å²) >= 11 is 0. The molecular formula is C14H22O2. The van der Waals surface area contributed by atoms with Crippen molar-refractivity contribution in [1.29, 1.82) is 0 Å².